The zero-order valence-corrected chi connectivity index (χ0v) is 14.3. The standard InChI is InChI=1S/C18H22ClN3O2/c19-12-3-4-13-15(10-12)21-17(23)16(13)11-5-8-22(9-6-11)18(24)14-2-1-7-20-14/h3-4,10-11,14,16,20H,1-2,5-9H2,(H,21,23). The average Bonchev–Trinajstić information content (AvgIpc) is 3.21. The van der Waals surface area contributed by atoms with Crippen LogP contribution in [0.1, 0.15) is 37.2 Å². The lowest BCUT2D eigenvalue weighted by atomic mass is 9.80. The average molecular weight is 348 g/mol. The Kier molecular flexibility index (Phi) is 4.22. The summed E-state index contributed by atoms with van der Waals surface area (Å²) >= 11 is 6.02. The highest BCUT2D eigenvalue weighted by atomic mass is 35.5. The predicted molar refractivity (Wildman–Crippen MR) is 93.2 cm³/mol. The Bertz CT molecular complexity index is 664. The lowest BCUT2D eigenvalue weighted by Gasteiger charge is -2.35. The van der Waals surface area contributed by atoms with Crippen LogP contribution in [0.15, 0.2) is 18.2 Å². The predicted octanol–water partition coefficient (Wildman–Crippen LogP) is 2.37. The van der Waals surface area contributed by atoms with Gasteiger partial charge in [-0.15, -0.1) is 0 Å². The molecule has 4 rings (SSSR count). The summed E-state index contributed by atoms with van der Waals surface area (Å²) < 4.78 is 0. The van der Waals surface area contributed by atoms with Gasteiger partial charge in [0, 0.05) is 23.8 Å². The van der Waals surface area contributed by atoms with Crippen LogP contribution in [0.3, 0.4) is 0 Å². The molecule has 0 aromatic heterocycles. The van der Waals surface area contributed by atoms with Gasteiger partial charge in [0.05, 0.1) is 12.0 Å². The molecule has 1 aromatic rings. The van der Waals surface area contributed by atoms with Crippen LogP contribution in [0.5, 0.6) is 0 Å². The number of carbonyl (C=O) groups excluding carboxylic acids is 2. The summed E-state index contributed by atoms with van der Waals surface area (Å²) in [7, 11) is 0. The zero-order chi connectivity index (χ0) is 16.7. The number of hydrogen-bond acceptors (Lipinski definition) is 3. The first-order valence-corrected chi connectivity index (χ1v) is 9.14. The summed E-state index contributed by atoms with van der Waals surface area (Å²) in [4.78, 5) is 26.9. The molecule has 3 aliphatic heterocycles. The molecule has 128 valence electrons. The van der Waals surface area contributed by atoms with Gasteiger partial charge in [-0.2, -0.15) is 0 Å². The lowest BCUT2D eigenvalue weighted by molar-refractivity contribution is -0.134. The third-order valence-electron chi connectivity index (χ3n) is 5.57. The van der Waals surface area contributed by atoms with Gasteiger partial charge in [0.25, 0.3) is 0 Å². The molecular weight excluding hydrogens is 326 g/mol. The van der Waals surface area contributed by atoms with Gasteiger partial charge in [-0.1, -0.05) is 17.7 Å². The molecule has 3 heterocycles. The summed E-state index contributed by atoms with van der Waals surface area (Å²) in [5, 5.41) is 6.87. The molecule has 0 spiro atoms. The highest BCUT2D eigenvalue weighted by Crippen LogP contribution is 2.42. The maximum atomic E-state index is 12.5. The summed E-state index contributed by atoms with van der Waals surface area (Å²) in [6, 6.07) is 5.62. The highest BCUT2D eigenvalue weighted by Gasteiger charge is 2.39. The van der Waals surface area contributed by atoms with E-state index in [0.717, 1.165) is 56.6 Å². The molecule has 2 atom stereocenters. The molecular formula is C18H22ClN3O2. The fraction of sp³-hybridized carbons (Fsp3) is 0.556. The third-order valence-corrected chi connectivity index (χ3v) is 5.81. The summed E-state index contributed by atoms with van der Waals surface area (Å²) in [6.07, 6.45) is 3.77. The van der Waals surface area contributed by atoms with E-state index in [4.69, 9.17) is 11.6 Å². The van der Waals surface area contributed by atoms with Crippen LogP contribution < -0.4 is 10.6 Å². The molecule has 2 unspecified atom stereocenters. The first-order valence-electron chi connectivity index (χ1n) is 8.76. The molecule has 0 radical (unpaired) electrons. The van der Waals surface area contributed by atoms with Crippen molar-refractivity contribution in [2.75, 3.05) is 25.0 Å². The second-order valence-electron chi connectivity index (χ2n) is 7.01. The molecule has 0 bridgehead atoms. The molecule has 3 aliphatic rings. The number of halogens is 1. The first-order chi connectivity index (χ1) is 11.6. The maximum absolute atomic E-state index is 12.5. The van der Waals surface area contributed by atoms with Gasteiger partial charge >= 0.3 is 0 Å². The summed E-state index contributed by atoms with van der Waals surface area (Å²) in [6.45, 7) is 2.43. The number of carbonyl (C=O) groups is 2. The Labute approximate surface area is 146 Å². The number of amides is 2. The number of benzene rings is 1. The third kappa shape index (κ3) is 2.80. The van der Waals surface area contributed by atoms with Crippen molar-refractivity contribution in [2.24, 2.45) is 5.92 Å². The Hall–Kier alpha value is -1.59. The van der Waals surface area contributed by atoms with E-state index in [9.17, 15) is 9.59 Å². The van der Waals surface area contributed by atoms with Crippen molar-refractivity contribution in [3.8, 4) is 0 Å². The largest absolute Gasteiger partial charge is 0.341 e. The molecule has 5 nitrogen and oxygen atoms in total. The highest BCUT2D eigenvalue weighted by molar-refractivity contribution is 6.31. The van der Waals surface area contributed by atoms with Crippen molar-refractivity contribution in [1.82, 2.24) is 10.2 Å². The molecule has 1 aromatic carbocycles. The molecule has 0 aliphatic carbocycles. The van der Waals surface area contributed by atoms with Crippen molar-refractivity contribution >= 4 is 29.1 Å². The van der Waals surface area contributed by atoms with Crippen LogP contribution in [0.4, 0.5) is 5.69 Å². The fourth-order valence-electron chi connectivity index (χ4n) is 4.30. The normalized spacial score (nSPS) is 27.2. The van der Waals surface area contributed by atoms with E-state index in [1.54, 1.807) is 0 Å². The minimum absolute atomic E-state index is 0.000744. The molecule has 2 fully saturated rings. The van der Waals surface area contributed by atoms with Crippen LogP contribution in [0.25, 0.3) is 0 Å². The number of nitrogens with zero attached hydrogens (tertiary/aromatic N) is 1. The SMILES string of the molecule is O=C1Nc2cc(Cl)ccc2C1C1CCN(C(=O)C2CCCN2)CC1. The fourth-order valence-corrected chi connectivity index (χ4v) is 4.47. The maximum Gasteiger partial charge on any atom is 0.239 e. The number of piperidine rings is 1. The summed E-state index contributed by atoms with van der Waals surface area (Å²) in [5.41, 5.74) is 1.89. The molecule has 0 saturated carbocycles. The first kappa shape index (κ1) is 15.9. The molecule has 2 saturated heterocycles. The zero-order valence-electron chi connectivity index (χ0n) is 13.6. The second kappa shape index (κ2) is 6.37. The van der Waals surface area contributed by atoms with Gasteiger partial charge in [0.2, 0.25) is 11.8 Å². The minimum atomic E-state index is -0.112. The van der Waals surface area contributed by atoms with Crippen molar-refractivity contribution in [2.45, 2.75) is 37.6 Å². The Balaban J connectivity index is 1.43. The Morgan fingerprint density at radius 1 is 1.21 bits per heavy atom. The summed E-state index contributed by atoms with van der Waals surface area (Å²) in [5.74, 6) is 0.468. The number of rotatable bonds is 2. The van der Waals surface area contributed by atoms with E-state index in [2.05, 4.69) is 10.6 Å². The Morgan fingerprint density at radius 3 is 2.71 bits per heavy atom. The monoisotopic (exact) mass is 347 g/mol. The smallest absolute Gasteiger partial charge is 0.239 e. The van der Waals surface area contributed by atoms with Crippen LogP contribution in [-0.4, -0.2) is 42.4 Å². The Morgan fingerprint density at radius 2 is 2.00 bits per heavy atom. The van der Waals surface area contributed by atoms with Crippen molar-refractivity contribution in [3.05, 3.63) is 28.8 Å². The second-order valence-corrected chi connectivity index (χ2v) is 7.45. The molecule has 6 heteroatoms. The van der Waals surface area contributed by atoms with Crippen LogP contribution in [-0.2, 0) is 9.59 Å². The molecule has 24 heavy (non-hydrogen) atoms. The van der Waals surface area contributed by atoms with Crippen LogP contribution in [0.2, 0.25) is 5.02 Å². The van der Waals surface area contributed by atoms with Gasteiger partial charge in [-0.3, -0.25) is 9.59 Å². The van der Waals surface area contributed by atoms with E-state index in [1.807, 2.05) is 23.1 Å². The van der Waals surface area contributed by atoms with Gasteiger partial charge in [0.15, 0.2) is 0 Å². The van der Waals surface area contributed by atoms with E-state index in [0.29, 0.717) is 5.02 Å². The van der Waals surface area contributed by atoms with Crippen LogP contribution >= 0.6 is 11.6 Å². The van der Waals surface area contributed by atoms with Gasteiger partial charge in [-0.05, 0) is 55.8 Å². The van der Waals surface area contributed by atoms with E-state index in [1.165, 1.54) is 0 Å². The number of likely N-dealkylation sites (tertiary alicyclic amines) is 1. The van der Waals surface area contributed by atoms with Gasteiger partial charge < -0.3 is 15.5 Å². The lowest BCUT2D eigenvalue weighted by Crippen LogP contribution is -2.47. The quantitative estimate of drug-likeness (QED) is 0.863. The minimum Gasteiger partial charge on any atom is -0.341 e. The van der Waals surface area contributed by atoms with Crippen molar-refractivity contribution in [1.29, 1.82) is 0 Å². The topological polar surface area (TPSA) is 61.4 Å². The number of fused-ring (bicyclic) bond motifs is 1. The van der Waals surface area contributed by atoms with E-state index >= 15 is 0 Å². The van der Waals surface area contributed by atoms with E-state index < -0.39 is 0 Å². The molecule has 2 amide bonds. The number of hydrogen-bond donors (Lipinski definition) is 2. The van der Waals surface area contributed by atoms with Crippen molar-refractivity contribution in [3.63, 3.8) is 0 Å². The van der Waals surface area contributed by atoms with Gasteiger partial charge in [0.1, 0.15) is 0 Å². The number of anilines is 1. The molecule has 2 N–H and O–H groups in total. The van der Waals surface area contributed by atoms with E-state index in [-0.39, 0.29) is 29.7 Å². The van der Waals surface area contributed by atoms with Crippen molar-refractivity contribution < 1.29 is 9.59 Å². The van der Waals surface area contributed by atoms with Crippen LogP contribution in [0, 0.1) is 5.92 Å². The van der Waals surface area contributed by atoms with Gasteiger partial charge in [-0.25, -0.2) is 0 Å². The number of nitrogens with one attached hydrogen (secondary N) is 2.